The first-order valence-corrected chi connectivity index (χ1v) is 23.2. The summed E-state index contributed by atoms with van der Waals surface area (Å²) in [4.78, 5) is 24.7. The molecule has 8 heteroatoms. The lowest BCUT2D eigenvalue weighted by Gasteiger charge is -2.23. The van der Waals surface area contributed by atoms with E-state index in [-0.39, 0.29) is 6.10 Å². The zero-order valence-corrected chi connectivity index (χ0v) is 36.2. The summed E-state index contributed by atoms with van der Waals surface area (Å²) >= 11 is 1.57. The number of hydrogen-bond donors (Lipinski definition) is 1. The number of alkyl carbamates (subject to hydrolysis) is 1. The summed E-state index contributed by atoms with van der Waals surface area (Å²) in [6, 6.07) is -0.784. The minimum Gasteiger partial charge on any atom is -0.467 e. The molecule has 1 N–H and O–H groups in total. The highest BCUT2D eigenvalue weighted by Gasteiger charge is 2.25. The molecule has 0 rings (SSSR count). The van der Waals surface area contributed by atoms with E-state index in [4.69, 9.17) is 18.9 Å². The molecule has 0 bridgehead atoms. The lowest BCUT2D eigenvalue weighted by Crippen LogP contribution is -2.45. The van der Waals surface area contributed by atoms with Crippen LogP contribution in [0.25, 0.3) is 0 Å². The Morgan fingerprint density at radius 3 is 1.33 bits per heavy atom. The van der Waals surface area contributed by atoms with Crippen molar-refractivity contribution >= 4 is 23.8 Å². The Balaban J connectivity index is 4.35. The minimum absolute atomic E-state index is 0.0570. The Morgan fingerprint density at radius 1 is 0.558 bits per heavy atom. The number of rotatable bonds is 39. The van der Waals surface area contributed by atoms with Crippen molar-refractivity contribution in [2.75, 3.05) is 38.4 Å². The van der Waals surface area contributed by atoms with Crippen molar-refractivity contribution in [2.24, 2.45) is 0 Å². The van der Waals surface area contributed by atoms with Crippen molar-refractivity contribution in [1.29, 1.82) is 0 Å². The third-order valence-corrected chi connectivity index (χ3v) is 10.7. The minimum atomic E-state index is -0.784. The zero-order chi connectivity index (χ0) is 38.4. The molecule has 0 aromatic rings. The fraction of sp³-hybridized carbons (Fsp3) is 0.955. The maximum atomic E-state index is 12.4. The number of thioether (sulfide) groups is 1. The highest BCUT2D eigenvalue weighted by atomic mass is 32.2. The maximum absolute atomic E-state index is 12.4. The predicted octanol–water partition coefficient (Wildman–Crippen LogP) is 13.2. The molecule has 0 aliphatic heterocycles. The number of ether oxygens (including phenoxy) is 4. The van der Waals surface area contributed by atoms with Crippen LogP contribution in [-0.2, 0) is 23.7 Å². The van der Waals surface area contributed by atoms with Crippen LogP contribution in [0.3, 0.4) is 0 Å². The second-order valence-electron chi connectivity index (χ2n) is 16.0. The second-order valence-corrected chi connectivity index (χ2v) is 17.1. The topological polar surface area (TPSA) is 83.1 Å². The summed E-state index contributed by atoms with van der Waals surface area (Å²) in [6.07, 6.45) is 36.9. The van der Waals surface area contributed by atoms with Crippen LogP contribution >= 0.6 is 11.8 Å². The Hall–Kier alpha value is -0.990. The third-order valence-electron chi connectivity index (χ3n) is 9.56. The van der Waals surface area contributed by atoms with Gasteiger partial charge in [-0.1, -0.05) is 181 Å². The molecular weight excluding hydrogens is 671 g/mol. The van der Waals surface area contributed by atoms with Crippen molar-refractivity contribution in [3.8, 4) is 0 Å². The Kier molecular flexibility index (Phi) is 37.6. The van der Waals surface area contributed by atoms with Gasteiger partial charge in [0.05, 0.1) is 19.8 Å². The van der Waals surface area contributed by atoms with Gasteiger partial charge < -0.3 is 24.3 Å². The molecule has 0 saturated carbocycles. The number of carbonyl (C=O) groups is 2. The van der Waals surface area contributed by atoms with Crippen molar-refractivity contribution in [3.05, 3.63) is 0 Å². The number of methoxy groups -OCH3 is 1. The molecule has 0 spiro atoms. The molecule has 310 valence electrons. The van der Waals surface area contributed by atoms with Gasteiger partial charge in [0.15, 0.2) is 0 Å². The van der Waals surface area contributed by atoms with E-state index in [1.807, 2.05) is 0 Å². The Labute approximate surface area is 327 Å². The maximum Gasteiger partial charge on any atom is 0.408 e. The molecule has 0 aliphatic carbocycles. The molecule has 1 amide bonds. The van der Waals surface area contributed by atoms with E-state index >= 15 is 0 Å². The summed E-state index contributed by atoms with van der Waals surface area (Å²) in [5.74, 6) is 0.581. The number of carbonyl (C=O) groups excluding carboxylic acids is 2. The molecule has 0 unspecified atom stereocenters. The first-order valence-electron chi connectivity index (χ1n) is 22.1. The summed E-state index contributed by atoms with van der Waals surface area (Å²) < 4.78 is 22.7. The van der Waals surface area contributed by atoms with Gasteiger partial charge >= 0.3 is 12.1 Å². The van der Waals surface area contributed by atoms with Crippen LogP contribution in [0, 0.1) is 0 Å². The molecular formula is C44H87NO6S. The standard InChI is InChI=1S/C44H87NO6S/c1-7-9-11-13-15-17-19-21-23-25-27-29-31-33-35-49-37-40(38-52-39-41(42(46)48-6)45-43(47)51-44(3,4)5)50-36-34-32-30-28-26-24-22-20-18-16-14-12-10-8-2/h40-41H,7-39H2,1-6H3,(H,45,47)/t40-,41+/m1/s1. The number of esters is 1. The molecule has 0 aromatic heterocycles. The second kappa shape index (κ2) is 38.3. The molecule has 2 atom stereocenters. The van der Waals surface area contributed by atoms with Crippen molar-refractivity contribution in [3.63, 3.8) is 0 Å². The molecule has 0 fully saturated rings. The van der Waals surface area contributed by atoms with E-state index < -0.39 is 23.7 Å². The average molecular weight is 758 g/mol. The van der Waals surface area contributed by atoms with E-state index in [1.165, 1.54) is 174 Å². The molecule has 0 aliphatic rings. The first-order chi connectivity index (χ1) is 25.2. The van der Waals surface area contributed by atoms with Crippen LogP contribution in [0.4, 0.5) is 4.79 Å². The van der Waals surface area contributed by atoms with Crippen molar-refractivity contribution in [2.45, 2.75) is 232 Å². The average Bonchev–Trinajstić information content (AvgIpc) is 3.11. The molecule has 0 aromatic carbocycles. The molecule has 0 radical (unpaired) electrons. The van der Waals surface area contributed by atoms with Crippen LogP contribution < -0.4 is 5.32 Å². The number of nitrogens with one attached hydrogen (secondary N) is 1. The van der Waals surface area contributed by atoms with Crippen molar-refractivity contribution in [1.82, 2.24) is 5.32 Å². The number of hydrogen-bond acceptors (Lipinski definition) is 7. The quantitative estimate of drug-likeness (QED) is 0.0494. The summed E-state index contributed by atoms with van der Waals surface area (Å²) in [6.45, 7) is 12.0. The normalized spacial score (nSPS) is 12.9. The van der Waals surface area contributed by atoms with Gasteiger partial charge in [0.25, 0.3) is 0 Å². The largest absolute Gasteiger partial charge is 0.467 e. The monoisotopic (exact) mass is 758 g/mol. The highest BCUT2D eigenvalue weighted by molar-refractivity contribution is 7.99. The number of amides is 1. The van der Waals surface area contributed by atoms with Gasteiger partial charge in [0, 0.05) is 24.7 Å². The van der Waals surface area contributed by atoms with Gasteiger partial charge in [-0.15, -0.1) is 0 Å². The Morgan fingerprint density at radius 2 is 0.942 bits per heavy atom. The summed E-state index contributed by atoms with van der Waals surface area (Å²) in [5.41, 5.74) is -0.644. The summed E-state index contributed by atoms with van der Waals surface area (Å²) in [7, 11) is 1.34. The van der Waals surface area contributed by atoms with Crippen molar-refractivity contribution < 1.29 is 28.5 Å². The zero-order valence-electron chi connectivity index (χ0n) is 35.3. The van der Waals surface area contributed by atoms with E-state index in [0.717, 1.165) is 26.1 Å². The lowest BCUT2D eigenvalue weighted by molar-refractivity contribution is -0.142. The SMILES string of the molecule is CCCCCCCCCCCCCCCCOC[C@H](CSC[C@H](NC(=O)OC(C)(C)C)C(=O)OC)OCCCCCCCCCCCCCCCC. The third kappa shape index (κ3) is 37.3. The van der Waals surface area contributed by atoms with Gasteiger partial charge in [-0.2, -0.15) is 11.8 Å². The van der Waals surface area contributed by atoms with E-state index in [0.29, 0.717) is 18.1 Å². The molecule has 7 nitrogen and oxygen atoms in total. The van der Waals surface area contributed by atoms with Crippen LogP contribution in [0.15, 0.2) is 0 Å². The molecule has 0 heterocycles. The van der Waals surface area contributed by atoms with Crippen LogP contribution in [0.1, 0.15) is 214 Å². The van der Waals surface area contributed by atoms with Crippen LogP contribution in [-0.4, -0.2) is 68.2 Å². The Bertz CT molecular complexity index is 776. The van der Waals surface area contributed by atoms with Crippen LogP contribution in [0.5, 0.6) is 0 Å². The van der Waals surface area contributed by atoms with E-state index in [2.05, 4.69) is 19.2 Å². The lowest BCUT2D eigenvalue weighted by atomic mass is 10.0. The highest BCUT2D eigenvalue weighted by Crippen LogP contribution is 2.16. The fourth-order valence-corrected chi connectivity index (χ4v) is 7.43. The van der Waals surface area contributed by atoms with E-state index in [9.17, 15) is 9.59 Å². The van der Waals surface area contributed by atoms with Crippen LogP contribution in [0.2, 0.25) is 0 Å². The van der Waals surface area contributed by atoms with Gasteiger partial charge in [-0.05, 0) is 33.6 Å². The van der Waals surface area contributed by atoms with Gasteiger partial charge in [-0.25, -0.2) is 9.59 Å². The molecule has 0 saturated heterocycles. The van der Waals surface area contributed by atoms with Gasteiger partial charge in [-0.3, -0.25) is 0 Å². The van der Waals surface area contributed by atoms with Gasteiger partial charge in [0.2, 0.25) is 0 Å². The number of unbranched alkanes of at least 4 members (excludes halogenated alkanes) is 26. The summed E-state index contributed by atoms with van der Waals surface area (Å²) in [5, 5.41) is 2.67. The van der Waals surface area contributed by atoms with E-state index in [1.54, 1.807) is 32.5 Å². The molecule has 52 heavy (non-hydrogen) atoms. The first kappa shape index (κ1) is 51.0. The fourth-order valence-electron chi connectivity index (χ4n) is 6.38. The smallest absolute Gasteiger partial charge is 0.408 e. The van der Waals surface area contributed by atoms with Gasteiger partial charge in [0.1, 0.15) is 11.6 Å². The predicted molar refractivity (Wildman–Crippen MR) is 224 cm³/mol.